The highest BCUT2D eigenvalue weighted by Crippen LogP contribution is 2.28. The number of aromatic hydroxyl groups is 1. The summed E-state index contributed by atoms with van der Waals surface area (Å²) in [7, 11) is 0. The maximum Gasteiger partial charge on any atom is 0.296 e. The molecule has 2 aromatic rings. The molecule has 0 aliphatic heterocycles. The molecule has 2 rings (SSSR count). The Hall–Kier alpha value is -3.16. The highest BCUT2D eigenvalue weighted by atomic mass is 16.6. The fourth-order valence-corrected chi connectivity index (χ4v) is 1.56. The first-order valence-electron chi connectivity index (χ1n) is 5.45. The maximum absolute atomic E-state index is 11.9. The van der Waals surface area contributed by atoms with Crippen LogP contribution in [0, 0.1) is 10.1 Å². The van der Waals surface area contributed by atoms with Crippen molar-refractivity contribution in [2.45, 2.75) is 0 Å². The number of anilines is 1. The number of nitrogens with one attached hydrogen (secondary N) is 2. The van der Waals surface area contributed by atoms with E-state index in [1.165, 1.54) is 24.4 Å². The van der Waals surface area contributed by atoms with Gasteiger partial charge in [-0.15, -0.1) is 0 Å². The van der Waals surface area contributed by atoms with Crippen LogP contribution in [0.25, 0.3) is 0 Å². The summed E-state index contributed by atoms with van der Waals surface area (Å²) in [5.74, 6) is -0.948. The summed E-state index contributed by atoms with van der Waals surface area (Å²) in [5, 5.41) is 22.4. The molecular weight excluding hydrogens is 266 g/mol. The third kappa shape index (κ3) is 2.80. The number of aromatic amines is 1. The topological polar surface area (TPSA) is 125 Å². The molecule has 20 heavy (non-hydrogen) atoms. The number of nitro groups is 1. The van der Waals surface area contributed by atoms with Crippen molar-refractivity contribution in [1.82, 2.24) is 4.98 Å². The molecule has 0 aliphatic rings. The minimum Gasteiger partial charge on any atom is -0.508 e. The van der Waals surface area contributed by atoms with Crippen LogP contribution in [0.15, 0.2) is 41.3 Å². The zero-order valence-corrected chi connectivity index (χ0v) is 9.99. The monoisotopic (exact) mass is 275 g/mol. The Morgan fingerprint density at radius 2 is 2.05 bits per heavy atom. The van der Waals surface area contributed by atoms with Gasteiger partial charge >= 0.3 is 0 Å². The summed E-state index contributed by atoms with van der Waals surface area (Å²) >= 11 is 0. The number of pyridine rings is 1. The number of rotatable bonds is 3. The number of benzene rings is 1. The van der Waals surface area contributed by atoms with E-state index in [2.05, 4.69) is 10.3 Å². The second kappa shape index (κ2) is 5.22. The Morgan fingerprint density at radius 1 is 1.30 bits per heavy atom. The molecule has 0 saturated heterocycles. The first kappa shape index (κ1) is 13.3. The third-order valence-corrected chi connectivity index (χ3v) is 2.46. The van der Waals surface area contributed by atoms with Crippen LogP contribution < -0.4 is 10.9 Å². The quantitative estimate of drug-likeness (QED) is 0.441. The van der Waals surface area contributed by atoms with Crippen molar-refractivity contribution < 1.29 is 14.8 Å². The highest BCUT2D eigenvalue weighted by molar-refractivity contribution is 6.05. The molecule has 8 nitrogen and oxygen atoms in total. The van der Waals surface area contributed by atoms with Gasteiger partial charge in [0.05, 0.1) is 11.0 Å². The molecular formula is C12H9N3O5. The molecule has 0 atom stereocenters. The molecule has 0 spiro atoms. The number of nitrogens with zero attached hydrogens (tertiary/aromatic N) is 1. The molecule has 0 aliphatic carbocycles. The number of phenols is 1. The molecule has 0 radical (unpaired) electrons. The number of phenolic OH excluding ortho intramolecular Hbond substituents is 1. The second-order valence-corrected chi connectivity index (χ2v) is 3.85. The number of nitro benzene ring substituents is 1. The number of carbonyl (C=O) groups excluding carboxylic acids is 1. The smallest absolute Gasteiger partial charge is 0.296 e. The van der Waals surface area contributed by atoms with Gasteiger partial charge in [-0.1, -0.05) is 0 Å². The third-order valence-electron chi connectivity index (χ3n) is 2.46. The van der Waals surface area contributed by atoms with E-state index in [0.717, 1.165) is 12.1 Å². The van der Waals surface area contributed by atoms with Gasteiger partial charge in [0, 0.05) is 17.8 Å². The van der Waals surface area contributed by atoms with E-state index in [4.69, 9.17) is 0 Å². The Morgan fingerprint density at radius 3 is 2.70 bits per heavy atom. The van der Waals surface area contributed by atoms with E-state index in [-0.39, 0.29) is 17.0 Å². The minimum atomic E-state index is -0.729. The SMILES string of the molecule is O=C(Nc1ccc(O)cc1[N+](=O)[O-])c1cc[nH]c(=O)c1. The average Bonchev–Trinajstić information content (AvgIpc) is 2.40. The van der Waals surface area contributed by atoms with Gasteiger partial charge in [0.2, 0.25) is 5.56 Å². The van der Waals surface area contributed by atoms with Crippen LogP contribution in [0.5, 0.6) is 5.75 Å². The number of hydrogen-bond acceptors (Lipinski definition) is 5. The van der Waals surface area contributed by atoms with Crippen LogP contribution in [0.1, 0.15) is 10.4 Å². The lowest BCUT2D eigenvalue weighted by molar-refractivity contribution is -0.384. The largest absolute Gasteiger partial charge is 0.508 e. The van der Waals surface area contributed by atoms with Crippen molar-refractivity contribution in [2.24, 2.45) is 0 Å². The second-order valence-electron chi connectivity index (χ2n) is 3.85. The maximum atomic E-state index is 11.9. The molecule has 1 aromatic carbocycles. The standard InChI is InChI=1S/C12H9N3O5/c16-8-1-2-9(10(6-8)15(19)20)14-12(18)7-3-4-13-11(17)5-7/h1-6,16H,(H,13,17)(H,14,18). The summed E-state index contributed by atoms with van der Waals surface area (Å²) in [4.78, 5) is 35.4. The number of hydrogen-bond donors (Lipinski definition) is 3. The molecule has 1 heterocycles. The minimum absolute atomic E-state index is 0.0659. The Balaban J connectivity index is 2.33. The van der Waals surface area contributed by atoms with Crippen molar-refractivity contribution >= 4 is 17.3 Å². The van der Waals surface area contributed by atoms with E-state index in [1.807, 2.05) is 0 Å². The van der Waals surface area contributed by atoms with E-state index in [1.54, 1.807) is 0 Å². The van der Waals surface area contributed by atoms with Crippen LogP contribution >= 0.6 is 0 Å². The van der Waals surface area contributed by atoms with Crippen molar-refractivity contribution in [2.75, 3.05) is 5.32 Å². The van der Waals surface area contributed by atoms with Crippen molar-refractivity contribution in [3.05, 3.63) is 62.6 Å². The molecule has 102 valence electrons. The van der Waals surface area contributed by atoms with E-state index >= 15 is 0 Å². The van der Waals surface area contributed by atoms with Crippen LogP contribution in [-0.2, 0) is 0 Å². The molecule has 0 bridgehead atoms. The molecule has 8 heteroatoms. The highest BCUT2D eigenvalue weighted by Gasteiger charge is 2.17. The van der Waals surface area contributed by atoms with Gasteiger partial charge in [0.15, 0.2) is 0 Å². The van der Waals surface area contributed by atoms with Gasteiger partial charge < -0.3 is 15.4 Å². The van der Waals surface area contributed by atoms with Gasteiger partial charge in [-0.05, 0) is 18.2 Å². The van der Waals surface area contributed by atoms with Crippen LogP contribution in [0.4, 0.5) is 11.4 Å². The molecule has 1 amide bonds. The normalized spacial score (nSPS) is 10.0. The first-order valence-corrected chi connectivity index (χ1v) is 5.45. The number of carbonyl (C=O) groups is 1. The number of H-pyrrole nitrogens is 1. The van der Waals surface area contributed by atoms with Crippen LogP contribution in [0.2, 0.25) is 0 Å². The fraction of sp³-hybridized carbons (Fsp3) is 0. The summed E-state index contributed by atoms with van der Waals surface area (Å²) < 4.78 is 0. The lowest BCUT2D eigenvalue weighted by atomic mass is 10.2. The van der Waals surface area contributed by atoms with Crippen LogP contribution in [-0.4, -0.2) is 20.9 Å². The summed E-state index contributed by atoms with van der Waals surface area (Å²) in [6.07, 6.45) is 1.29. The van der Waals surface area contributed by atoms with Gasteiger partial charge in [0.1, 0.15) is 11.4 Å². The lowest BCUT2D eigenvalue weighted by Gasteiger charge is -2.06. The van der Waals surface area contributed by atoms with Crippen molar-refractivity contribution in [3.63, 3.8) is 0 Å². The predicted molar refractivity (Wildman–Crippen MR) is 69.8 cm³/mol. The zero-order valence-electron chi connectivity index (χ0n) is 9.99. The first-order chi connectivity index (χ1) is 9.47. The van der Waals surface area contributed by atoms with E-state index in [9.17, 15) is 24.8 Å². The zero-order chi connectivity index (χ0) is 14.7. The predicted octanol–water partition coefficient (Wildman–Crippen LogP) is 1.24. The number of aromatic nitrogens is 1. The van der Waals surface area contributed by atoms with Crippen molar-refractivity contribution in [3.8, 4) is 5.75 Å². The van der Waals surface area contributed by atoms with Gasteiger partial charge in [0.25, 0.3) is 11.6 Å². The molecule has 0 saturated carbocycles. The van der Waals surface area contributed by atoms with Gasteiger partial charge in [-0.2, -0.15) is 0 Å². The Kier molecular flexibility index (Phi) is 3.47. The van der Waals surface area contributed by atoms with Gasteiger partial charge in [-0.25, -0.2) is 0 Å². The molecule has 1 aromatic heterocycles. The van der Waals surface area contributed by atoms with Crippen molar-refractivity contribution in [1.29, 1.82) is 0 Å². The van der Waals surface area contributed by atoms with E-state index < -0.39 is 22.1 Å². The Bertz CT molecular complexity index is 738. The average molecular weight is 275 g/mol. The molecule has 0 unspecified atom stereocenters. The summed E-state index contributed by atoms with van der Waals surface area (Å²) in [5.41, 5.74) is -0.907. The summed E-state index contributed by atoms with van der Waals surface area (Å²) in [6.45, 7) is 0. The van der Waals surface area contributed by atoms with Crippen LogP contribution in [0.3, 0.4) is 0 Å². The van der Waals surface area contributed by atoms with Gasteiger partial charge in [-0.3, -0.25) is 19.7 Å². The summed E-state index contributed by atoms with van der Waals surface area (Å²) in [6, 6.07) is 5.77. The lowest BCUT2D eigenvalue weighted by Crippen LogP contribution is -2.16. The Labute approximate surface area is 111 Å². The fourth-order valence-electron chi connectivity index (χ4n) is 1.56. The van der Waals surface area contributed by atoms with E-state index in [0.29, 0.717) is 0 Å². The molecule has 0 fully saturated rings. The molecule has 3 N–H and O–H groups in total. The number of amides is 1.